The minimum Gasteiger partial charge on any atom is -0.311 e. The van der Waals surface area contributed by atoms with Crippen LogP contribution in [0.25, 0.3) is 0 Å². The van der Waals surface area contributed by atoms with Crippen LogP contribution in [0.3, 0.4) is 0 Å². The summed E-state index contributed by atoms with van der Waals surface area (Å²) in [7, 11) is -2.80. The third-order valence-electron chi connectivity index (χ3n) is 3.55. The van der Waals surface area contributed by atoms with Crippen molar-refractivity contribution in [3.8, 4) is 0 Å². The highest BCUT2D eigenvalue weighted by Gasteiger charge is 2.46. The van der Waals surface area contributed by atoms with E-state index in [4.69, 9.17) is 0 Å². The van der Waals surface area contributed by atoms with Gasteiger partial charge in [0.25, 0.3) is 0 Å². The Kier molecular flexibility index (Phi) is 2.60. The van der Waals surface area contributed by atoms with Crippen molar-refractivity contribution in [1.29, 1.82) is 0 Å². The molecule has 3 nitrogen and oxygen atoms in total. The van der Waals surface area contributed by atoms with Crippen LogP contribution in [0, 0.1) is 5.92 Å². The van der Waals surface area contributed by atoms with Gasteiger partial charge in [0.15, 0.2) is 0 Å². The van der Waals surface area contributed by atoms with Crippen LogP contribution in [0.5, 0.6) is 0 Å². The van der Waals surface area contributed by atoms with Crippen molar-refractivity contribution in [3.05, 3.63) is 0 Å². The Labute approximate surface area is 86.2 Å². The summed E-state index contributed by atoms with van der Waals surface area (Å²) in [6.07, 6.45) is 7.11. The van der Waals surface area contributed by atoms with E-state index in [0.717, 1.165) is 18.9 Å². The van der Waals surface area contributed by atoms with E-state index in [9.17, 15) is 8.42 Å². The molecule has 4 heteroatoms. The molecule has 0 amide bonds. The molecule has 1 heterocycles. The lowest BCUT2D eigenvalue weighted by atomic mass is 9.89. The van der Waals surface area contributed by atoms with E-state index in [-0.39, 0.29) is 5.54 Å². The smallest absolute Gasteiger partial charge is 0.147 e. The molecule has 2 fully saturated rings. The summed E-state index contributed by atoms with van der Waals surface area (Å²) in [6, 6.07) is 0. The van der Waals surface area contributed by atoms with E-state index in [1.807, 2.05) is 0 Å². The molecule has 0 bridgehead atoms. The highest BCUT2D eigenvalue weighted by atomic mass is 32.2. The van der Waals surface area contributed by atoms with Crippen molar-refractivity contribution in [1.82, 2.24) is 5.32 Å². The first-order valence-electron chi connectivity index (χ1n) is 5.45. The van der Waals surface area contributed by atoms with Crippen LogP contribution in [0.2, 0.25) is 0 Å². The monoisotopic (exact) mass is 217 g/mol. The van der Waals surface area contributed by atoms with Crippen LogP contribution in [0.15, 0.2) is 0 Å². The third kappa shape index (κ3) is 2.28. The van der Waals surface area contributed by atoms with E-state index in [0.29, 0.717) is 5.75 Å². The Morgan fingerprint density at radius 2 is 2.14 bits per heavy atom. The fraction of sp³-hybridized carbons (Fsp3) is 1.00. The summed E-state index contributed by atoms with van der Waals surface area (Å²) >= 11 is 0. The second kappa shape index (κ2) is 3.49. The first kappa shape index (κ1) is 10.4. The first-order chi connectivity index (χ1) is 6.52. The number of sulfone groups is 1. The number of hydrogen-bond acceptors (Lipinski definition) is 3. The molecule has 0 aromatic rings. The molecule has 2 rings (SSSR count). The molecule has 0 aromatic carbocycles. The van der Waals surface area contributed by atoms with Gasteiger partial charge in [-0.2, -0.15) is 0 Å². The fourth-order valence-corrected chi connectivity index (χ4v) is 3.33. The predicted octanol–water partition coefficient (Wildman–Crippen LogP) is 0.953. The van der Waals surface area contributed by atoms with E-state index >= 15 is 0 Å². The minimum atomic E-state index is -2.80. The van der Waals surface area contributed by atoms with E-state index in [1.54, 1.807) is 0 Å². The van der Waals surface area contributed by atoms with Crippen molar-refractivity contribution >= 4 is 9.84 Å². The highest BCUT2D eigenvalue weighted by Crippen LogP contribution is 2.46. The van der Waals surface area contributed by atoms with Crippen molar-refractivity contribution < 1.29 is 8.42 Å². The van der Waals surface area contributed by atoms with Crippen LogP contribution in [0.1, 0.15) is 32.1 Å². The molecular formula is C10H19NO2S. The van der Waals surface area contributed by atoms with E-state index < -0.39 is 9.84 Å². The van der Waals surface area contributed by atoms with Crippen LogP contribution in [-0.2, 0) is 9.84 Å². The molecule has 1 aliphatic carbocycles. The predicted molar refractivity (Wildman–Crippen MR) is 57.0 cm³/mol. The number of rotatable bonds is 4. The van der Waals surface area contributed by atoms with Gasteiger partial charge in [0.05, 0.1) is 5.75 Å². The molecule has 1 aliphatic heterocycles. The zero-order valence-corrected chi connectivity index (χ0v) is 9.57. The maximum atomic E-state index is 11.1. The summed E-state index contributed by atoms with van der Waals surface area (Å²) in [6.45, 7) is 1.07. The van der Waals surface area contributed by atoms with Gasteiger partial charge in [-0.3, -0.25) is 0 Å². The van der Waals surface area contributed by atoms with Gasteiger partial charge in [-0.15, -0.1) is 0 Å². The number of hydrogen-bond donors (Lipinski definition) is 1. The molecule has 1 saturated carbocycles. The summed E-state index contributed by atoms with van der Waals surface area (Å²) in [5.74, 6) is 1.10. The zero-order valence-electron chi connectivity index (χ0n) is 8.75. The topological polar surface area (TPSA) is 46.2 Å². The summed E-state index contributed by atoms with van der Waals surface area (Å²) in [5, 5.41) is 3.54. The van der Waals surface area contributed by atoms with Crippen LogP contribution in [-0.4, -0.2) is 32.5 Å². The Hall–Kier alpha value is -0.0900. The van der Waals surface area contributed by atoms with Crippen LogP contribution < -0.4 is 5.32 Å². The second-order valence-corrected chi connectivity index (χ2v) is 7.10. The van der Waals surface area contributed by atoms with Gasteiger partial charge in [0.2, 0.25) is 0 Å². The average molecular weight is 217 g/mol. The molecule has 1 atom stereocenters. The normalized spacial score (nSPS) is 33.5. The van der Waals surface area contributed by atoms with Gasteiger partial charge in [-0.1, -0.05) is 0 Å². The summed E-state index contributed by atoms with van der Waals surface area (Å²) in [5.41, 5.74) is 0.184. The summed E-state index contributed by atoms with van der Waals surface area (Å²) < 4.78 is 22.3. The quantitative estimate of drug-likeness (QED) is 0.762. The van der Waals surface area contributed by atoms with Gasteiger partial charge in [-0.25, -0.2) is 8.42 Å². The van der Waals surface area contributed by atoms with Gasteiger partial charge < -0.3 is 5.32 Å². The molecule has 14 heavy (non-hydrogen) atoms. The Balaban J connectivity index is 1.98. The molecule has 1 unspecified atom stereocenters. The molecule has 1 N–H and O–H groups in total. The molecule has 0 spiro atoms. The minimum absolute atomic E-state index is 0.184. The van der Waals surface area contributed by atoms with Gasteiger partial charge >= 0.3 is 0 Å². The van der Waals surface area contributed by atoms with E-state index in [2.05, 4.69) is 5.32 Å². The molecular weight excluding hydrogens is 198 g/mol. The SMILES string of the molecule is CS(=O)(=O)CCC1(C2CC2)CCCN1. The first-order valence-corrected chi connectivity index (χ1v) is 7.51. The van der Waals surface area contributed by atoms with Gasteiger partial charge in [-0.05, 0) is 44.6 Å². The van der Waals surface area contributed by atoms with Crippen LogP contribution >= 0.6 is 0 Å². The second-order valence-electron chi connectivity index (χ2n) is 4.84. The molecule has 0 radical (unpaired) electrons. The Morgan fingerprint density at radius 3 is 2.57 bits per heavy atom. The summed E-state index contributed by atoms with van der Waals surface area (Å²) in [4.78, 5) is 0. The fourth-order valence-electron chi connectivity index (χ4n) is 2.60. The third-order valence-corrected chi connectivity index (χ3v) is 4.50. The van der Waals surface area contributed by atoms with Crippen molar-refractivity contribution in [2.45, 2.75) is 37.6 Å². The average Bonchev–Trinajstić information content (AvgIpc) is 2.83. The van der Waals surface area contributed by atoms with Crippen molar-refractivity contribution in [2.75, 3.05) is 18.6 Å². The van der Waals surface area contributed by atoms with Gasteiger partial charge in [0, 0.05) is 11.8 Å². The van der Waals surface area contributed by atoms with E-state index in [1.165, 1.54) is 31.9 Å². The Morgan fingerprint density at radius 1 is 1.43 bits per heavy atom. The standard InChI is InChI=1S/C10H19NO2S/c1-14(12,13)8-6-10(9-3-4-9)5-2-7-11-10/h9,11H,2-8H2,1H3. The molecule has 2 aliphatic rings. The number of nitrogens with one attached hydrogen (secondary N) is 1. The lowest BCUT2D eigenvalue weighted by Gasteiger charge is -2.29. The van der Waals surface area contributed by atoms with Crippen molar-refractivity contribution in [2.24, 2.45) is 5.92 Å². The Bertz CT molecular complexity index is 300. The molecule has 0 aromatic heterocycles. The maximum absolute atomic E-state index is 11.1. The van der Waals surface area contributed by atoms with Crippen LogP contribution in [0.4, 0.5) is 0 Å². The van der Waals surface area contributed by atoms with Crippen molar-refractivity contribution in [3.63, 3.8) is 0 Å². The largest absolute Gasteiger partial charge is 0.311 e. The molecule has 1 saturated heterocycles. The highest BCUT2D eigenvalue weighted by molar-refractivity contribution is 7.90. The lowest BCUT2D eigenvalue weighted by Crippen LogP contribution is -2.43. The maximum Gasteiger partial charge on any atom is 0.147 e. The lowest BCUT2D eigenvalue weighted by molar-refractivity contribution is 0.315. The zero-order chi connectivity index (χ0) is 10.2. The van der Waals surface area contributed by atoms with Gasteiger partial charge in [0.1, 0.15) is 9.84 Å². The molecule has 82 valence electrons.